The number of benzene rings is 1. The van der Waals surface area contributed by atoms with Crippen LogP contribution in [0.15, 0.2) is 29.2 Å². The number of esters is 1. The Morgan fingerprint density at radius 2 is 2.10 bits per heavy atom. The van der Waals surface area contributed by atoms with Gasteiger partial charge in [-0.15, -0.1) is 0 Å². The van der Waals surface area contributed by atoms with Crippen molar-refractivity contribution in [3.05, 3.63) is 29.8 Å². The SMILES string of the molecule is COC(=O)c1ccccc1S(=O)(=O)N1CCC[C@H](O)C1. The molecule has 1 saturated heterocycles. The van der Waals surface area contributed by atoms with Gasteiger partial charge >= 0.3 is 5.97 Å². The van der Waals surface area contributed by atoms with Crippen LogP contribution < -0.4 is 0 Å². The molecule has 0 bridgehead atoms. The summed E-state index contributed by atoms with van der Waals surface area (Å²) in [6, 6.07) is 5.93. The Hall–Kier alpha value is -1.44. The molecule has 0 unspecified atom stereocenters. The molecule has 1 heterocycles. The molecule has 6 nitrogen and oxygen atoms in total. The van der Waals surface area contributed by atoms with Gasteiger partial charge in [0.05, 0.1) is 23.7 Å². The maximum atomic E-state index is 12.6. The fourth-order valence-electron chi connectivity index (χ4n) is 2.25. The maximum absolute atomic E-state index is 12.6. The van der Waals surface area contributed by atoms with Gasteiger partial charge in [-0.3, -0.25) is 0 Å². The van der Waals surface area contributed by atoms with E-state index in [1.165, 1.54) is 23.5 Å². The van der Waals surface area contributed by atoms with Crippen LogP contribution in [0.4, 0.5) is 0 Å². The summed E-state index contributed by atoms with van der Waals surface area (Å²) in [6.45, 7) is 0.396. The Kier molecular flexibility index (Phi) is 4.42. The van der Waals surface area contributed by atoms with Crippen LogP contribution in [-0.4, -0.2) is 50.1 Å². The topological polar surface area (TPSA) is 83.9 Å². The molecule has 0 amide bonds. The molecule has 1 aromatic carbocycles. The number of carbonyl (C=O) groups is 1. The van der Waals surface area contributed by atoms with Crippen LogP contribution in [-0.2, 0) is 14.8 Å². The molecule has 1 fully saturated rings. The van der Waals surface area contributed by atoms with Gasteiger partial charge in [-0.05, 0) is 25.0 Å². The van der Waals surface area contributed by atoms with E-state index < -0.39 is 22.1 Å². The molecule has 0 radical (unpaired) electrons. The van der Waals surface area contributed by atoms with Crippen molar-refractivity contribution in [1.82, 2.24) is 4.31 Å². The molecule has 0 aliphatic carbocycles. The molecule has 1 aliphatic heterocycles. The van der Waals surface area contributed by atoms with E-state index in [1.54, 1.807) is 12.1 Å². The Morgan fingerprint density at radius 3 is 2.75 bits per heavy atom. The summed E-state index contributed by atoms with van der Waals surface area (Å²) < 4.78 is 31.0. The Morgan fingerprint density at radius 1 is 1.40 bits per heavy atom. The molecule has 1 N–H and O–H groups in total. The Balaban J connectivity index is 2.41. The summed E-state index contributed by atoms with van der Waals surface area (Å²) in [5, 5.41) is 9.62. The minimum absolute atomic E-state index is 0.00932. The van der Waals surface area contributed by atoms with Gasteiger partial charge in [0.15, 0.2) is 0 Å². The summed E-state index contributed by atoms with van der Waals surface area (Å²) in [7, 11) is -2.60. The largest absolute Gasteiger partial charge is 0.465 e. The Labute approximate surface area is 118 Å². The van der Waals surface area contributed by atoms with E-state index in [9.17, 15) is 18.3 Å². The second-order valence-corrected chi connectivity index (χ2v) is 6.55. The standard InChI is InChI=1S/C13H17NO5S/c1-19-13(16)11-6-2-3-7-12(11)20(17,18)14-8-4-5-10(15)9-14/h2-3,6-7,10,15H,4-5,8-9H2,1H3/t10-/m0/s1. The molecule has 2 rings (SSSR count). The van der Waals surface area contributed by atoms with Gasteiger partial charge in [-0.2, -0.15) is 4.31 Å². The summed E-state index contributed by atoms with van der Waals surface area (Å²) in [5.41, 5.74) is 0.00932. The fraction of sp³-hybridized carbons (Fsp3) is 0.462. The maximum Gasteiger partial charge on any atom is 0.339 e. The van der Waals surface area contributed by atoms with E-state index in [1.807, 2.05) is 0 Å². The molecule has 1 aromatic rings. The predicted molar refractivity (Wildman–Crippen MR) is 71.8 cm³/mol. The van der Waals surface area contributed by atoms with Crippen LogP contribution in [0.5, 0.6) is 0 Å². The van der Waals surface area contributed by atoms with E-state index in [2.05, 4.69) is 4.74 Å². The van der Waals surface area contributed by atoms with E-state index in [4.69, 9.17) is 0 Å². The number of aliphatic hydroxyl groups is 1. The molecule has 0 saturated carbocycles. The highest BCUT2D eigenvalue weighted by Crippen LogP contribution is 2.24. The van der Waals surface area contributed by atoms with Crippen molar-refractivity contribution in [2.45, 2.75) is 23.8 Å². The van der Waals surface area contributed by atoms with Crippen molar-refractivity contribution >= 4 is 16.0 Å². The highest BCUT2D eigenvalue weighted by Gasteiger charge is 2.32. The van der Waals surface area contributed by atoms with Crippen LogP contribution >= 0.6 is 0 Å². The van der Waals surface area contributed by atoms with Gasteiger partial charge in [0.2, 0.25) is 10.0 Å². The first-order valence-corrected chi connectivity index (χ1v) is 7.76. The number of ether oxygens (including phenoxy) is 1. The lowest BCUT2D eigenvalue weighted by atomic mass is 10.1. The first-order valence-electron chi connectivity index (χ1n) is 6.32. The number of hydrogen-bond acceptors (Lipinski definition) is 5. The van der Waals surface area contributed by atoms with Crippen molar-refractivity contribution in [3.63, 3.8) is 0 Å². The summed E-state index contributed by atoms with van der Waals surface area (Å²) in [4.78, 5) is 11.6. The second-order valence-electron chi connectivity index (χ2n) is 4.65. The molecule has 1 aliphatic rings. The quantitative estimate of drug-likeness (QED) is 0.827. The van der Waals surface area contributed by atoms with Crippen LogP contribution in [0.25, 0.3) is 0 Å². The number of nitrogens with zero attached hydrogens (tertiary/aromatic N) is 1. The molecule has 20 heavy (non-hydrogen) atoms. The number of methoxy groups -OCH3 is 1. The predicted octanol–water partition coefficient (Wildman–Crippen LogP) is 0.619. The molecule has 7 heteroatoms. The van der Waals surface area contributed by atoms with E-state index >= 15 is 0 Å². The highest BCUT2D eigenvalue weighted by atomic mass is 32.2. The van der Waals surface area contributed by atoms with Crippen LogP contribution in [0.2, 0.25) is 0 Å². The third kappa shape index (κ3) is 2.84. The molecule has 0 spiro atoms. The molecule has 110 valence electrons. The average Bonchev–Trinajstić information content (AvgIpc) is 2.46. The molecule has 1 atom stereocenters. The van der Waals surface area contributed by atoms with Crippen molar-refractivity contribution in [3.8, 4) is 0 Å². The lowest BCUT2D eigenvalue weighted by Crippen LogP contribution is -2.42. The minimum atomic E-state index is -3.81. The van der Waals surface area contributed by atoms with Gasteiger partial charge in [0.1, 0.15) is 0 Å². The van der Waals surface area contributed by atoms with E-state index in [0.717, 1.165) is 0 Å². The molecular formula is C13H17NO5S. The summed E-state index contributed by atoms with van der Waals surface area (Å²) in [5.74, 6) is -0.693. The third-order valence-electron chi connectivity index (χ3n) is 3.27. The average molecular weight is 299 g/mol. The zero-order valence-corrected chi connectivity index (χ0v) is 12.0. The summed E-state index contributed by atoms with van der Waals surface area (Å²) >= 11 is 0. The zero-order valence-electron chi connectivity index (χ0n) is 11.2. The van der Waals surface area contributed by atoms with Gasteiger partial charge in [-0.1, -0.05) is 12.1 Å². The van der Waals surface area contributed by atoms with Crippen molar-refractivity contribution in [1.29, 1.82) is 0 Å². The fourth-order valence-corrected chi connectivity index (χ4v) is 3.94. The first-order chi connectivity index (χ1) is 9.46. The third-order valence-corrected chi connectivity index (χ3v) is 5.19. The van der Waals surface area contributed by atoms with E-state index in [0.29, 0.717) is 19.4 Å². The number of rotatable bonds is 3. The van der Waals surface area contributed by atoms with Crippen LogP contribution in [0.1, 0.15) is 23.2 Å². The minimum Gasteiger partial charge on any atom is -0.465 e. The normalized spacial score (nSPS) is 20.6. The first kappa shape index (κ1) is 15.0. The van der Waals surface area contributed by atoms with Gasteiger partial charge < -0.3 is 9.84 Å². The summed E-state index contributed by atoms with van der Waals surface area (Å²) in [6.07, 6.45) is 0.523. The van der Waals surface area contributed by atoms with Gasteiger partial charge in [0.25, 0.3) is 0 Å². The van der Waals surface area contributed by atoms with Crippen LogP contribution in [0.3, 0.4) is 0 Å². The van der Waals surface area contributed by atoms with Gasteiger partial charge in [0, 0.05) is 13.1 Å². The lowest BCUT2D eigenvalue weighted by molar-refractivity contribution is 0.0596. The second kappa shape index (κ2) is 5.90. The van der Waals surface area contributed by atoms with Crippen molar-refractivity contribution < 1.29 is 23.1 Å². The smallest absolute Gasteiger partial charge is 0.339 e. The number of hydrogen-bond donors (Lipinski definition) is 1. The monoisotopic (exact) mass is 299 g/mol. The number of β-amino-alcohol motifs (C(OH)–C–C–N with tert-alkyl or cyclic N) is 1. The highest BCUT2D eigenvalue weighted by molar-refractivity contribution is 7.89. The van der Waals surface area contributed by atoms with Crippen LogP contribution in [0, 0.1) is 0 Å². The zero-order chi connectivity index (χ0) is 14.8. The number of carbonyl (C=O) groups excluding carboxylic acids is 1. The molecular weight excluding hydrogens is 282 g/mol. The molecule has 0 aromatic heterocycles. The lowest BCUT2D eigenvalue weighted by Gasteiger charge is -2.29. The Bertz CT molecular complexity index is 599. The van der Waals surface area contributed by atoms with E-state index in [-0.39, 0.29) is 17.0 Å². The van der Waals surface area contributed by atoms with Crippen molar-refractivity contribution in [2.24, 2.45) is 0 Å². The van der Waals surface area contributed by atoms with Crippen molar-refractivity contribution in [2.75, 3.05) is 20.2 Å². The number of sulfonamides is 1. The number of aliphatic hydroxyl groups excluding tert-OH is 1. The number of piperidine rings is 1. The van der Waals surface area contributed by atoms with Gasteiger partial charge in [-0.25, -0.2) is 13.2 Å².